The van der Waals surface area contributed by atoms with Crippen LogP contribution in [0.2, 0.25) is 0 Å². The van der Waals surface area contributed by atoms with Crippen molar-refractivity contribution >= 4 is 17.7 Å². The normalized spacial score (nSPS) is 10.7. The van der Waals surface area contributed by atoms with Crippen molar-refractivity contribution in [3.05, 3.63) is 10.6 Å². The number of hydrogen-bond acceptors (Lipinski definition) is 4. The highest BCUT2D eigenvalue weighted by Crippen LogP contribution is 2.16. The molecule has 0 aliphatic carbocycles. The third-order valence-corrected chi connectivity index (χ3v) is 1.91. The van der Waals surface area contributed by atoms with Crippen LogP contribution < -0.4 is 5.32 Å². The number of rotatable bonds is 4. The van der Waals surface area contributed by atoms with Gasteiger partial charge in [-0.3, -0.25) is 0 Å². The second kappa shape index (κ2) is 5.99. The van der Waals surface area contributed by atoms with Gasteiger partial charge < -0.3 is 10.4 Å². The molecule has 0 rings (SSSR count). The molecule has 0 aromatic carbocycles. The lowest BCUT2D eigenvalue weighted by Crippen LogP contribution is -2.15. The molecule has 5 heteroatoms. The Labute approximate surface area is 80.6 Å². The summed E-state index contributed by atoms with van der Waals surface area (Å²) in [5.74, 6) is 1.17. The standard InChI is InChI=1S/C8H8N2O2S/c1-3-4-10-6(2)7(8(11)12)13-5-9/h1,10H,4H2,2H3,(H,11,12)/b7-6+. The largest absolute Gasteiger partial charge is 0.477 e. The predicted octanol–water partition coefficient (Wildman–Crippen LogP) is 0.740. The zero-order valence-corrected chi connectivity index (χ0v) is 7.81. The molecular weight excluding hydrogens is 188 g/mol. The minimum atomic E-state index is -1.13. The number of nitrogens with zero attached hydrogens (tertiary/aromatic N) is 1. The van der Waals surface area contributed by atoms with Gasteiger partial charge in [-0.2, -0.15) is 5.26 Å². The smallest absolute Gasteiger partial charge is 0.345 e. The molecule has 2 N–H and O–H groups in total. The summed E-state index contributed by atoms with van der Waals surface area (Å²) >= 11 is 0.598. The van der Waals surface area contributed by atoms with E-state index in [1.165, 1.54) is 0 Å². The van der Waals surface area contributed by atoms with E-state index in [1.54, 1.807) is 12.3 Å². The molecule has 4 nitrogen and oxygen atoms in total. The van der Waals surface area contributed by atoms with Gasteiger partial charge in [-0.25, -0.2) is 4.79 Å². The number of terminal acetylenes is 1. The van der Waals surface area contributed by atoms with E-state index in [2.05, 4.69) is 11.2 Å². The molecule has 0 radical (unpaired) electrons. The molecule has 68 valence electrons. The fourth-order valence-electron chi connectivity index (χ4n) is 0.590. The Morgan fingerprint density at radius 3 is 2.77 bits per heavy atom. The minimum Gasteiger partial charge on any atom is -0.477 e. The van der Waals surface area contributed by atoms with Crippen LogP contribution in [0.3, 0.4) is 0 Å². The number of nitrogens with one attached hydrogen (secondary N) is 1. The third kappa shape index (κ3) is 4.09. The maximum absolute atomic E-state index is 10.6. The summed E-state index contributed by atoms with van der Waals surface area (Å²) in [7, 11) is 0. The molecule has 0 aromatic heterocycles. The first-order chi connectivity index (χ1) is 6.13. The quantitative estimate of drug-likeness (QED) is 0.394. The predicted molar refractivity (Wildman–Crippen MR) is 50.4 cm³/mol. The van der Waals surface area contributed by atoms with Gasteiger partial charge in [0.05, 0.1) is 6.54 Å². The van der Waals surface area contributed by atoms with Gasteiger partial charge in [-0.1, -0.05) is 5.92 Å². The molecule has 0 saturated heterocycles. The van der Waals surface area contributed by atoms with Gasteiger partial charge in [0.25, 0.3) is 0 Å². The summed E-state index contributed by atoms with van der Waals surface area (Å²) in [6.45, 7) is 1.81. The lowest BCUT2D eigenvalue weighted by Gasteiger charge is -2.04. The number of hydrogen-bond donors (Lipinski definition) is 2. The Balaban J connectivity index is 4.58. The molecule has 0 fully saturated rings. The summed E-state index contributed by atoms with van der Waals surface area (Å²) in [6.07, 6.45) is 4.97. The van der Waals surface area contributed by atoms with Gasteiger partial charge in [0, 0.05) is 5.70 Å². The number of nitriles is 1. The van der Waals surface area contributed by atoms with Gasteiger partial charge in [-0.15, -0.1) is 6.42 Å². The van der Waals surface area contributed by atoms with Crippen molar-refractivity contribution in [1.82, 2.24) is 5.32 Å². The van der Waals surface area contributed by atoms with E-state index in [-0.39, 0.29) is 11.4 Å². The molecule has 0 aliphatic heterocycles. The monoisotopic (exact) mass is 196 g/mol. The van der Waals surface area contributed by atoms with E-state index in [0.29, 0.717) is 17.5 Å². The van der Waals surface area contributed by atoms with E-state index in [1.807, 2.05) is 0 Å². The Morgan fingerprint density at radius 1 is 1.77 bits per heavy atom. The average molecular weight is 196 g/mol. The molecule has 0 aromatic rings. The molecule has 0 atom stereocenters. The van der Waals surface area contributed by atoms with Gasteiger partial charge in [0.15, 0.2) is 0 Å². The van der Waals surface area contributed by atoms with Crippen LogP contribution in [-0.4, -0.2) is 17.6 Å². The SMILES string of the molecule is C#CCN/C(C)=C(/SC#N)C(=O)O. The van der Waals surface area contributed by atoms with Crippen LogP contribution in [0, 0.1) is 23.0 Å². The lowest BCUT2D eigenvalue weighted by molar-refractivity contribution is -0.131. The number of allylic oxidation sites excluding steroid dienone is 1. The van der Waals surface area contributed by atoms with Crippen molar-refractivity contribution < 1.29 is 9.90 Å². The summed E-state index contributed by atoms with van der Waals surface area (Å²) in [5, 5.41) is 21.3. The van der Waals surface area contributed by atoms with Crippen molar-refractivity contribution in [2.24, 2.45) is 0 Å². The number of carboxylic acid groups (broad SMARTS) is 1. The van der Waals surface area contributed by atoms with Crippen LogP contribution in [0.5, 0.6) is 0 Å². The zero-order chi connectivity index (χ0) is 10.3. The highest BCUT2D eigenvalue weighted by Gasteiger charge is 2.11. The van der Waals surface area contributed by atoms with Crippen LogP contribution in [0.4, 0.5) is 0 Å². The number of aliphatic carboxylic acids is 1. The molecule has 0 amide bonds. The van der Waals surface area contributed by atoms with Gasteiger partial charge in [0.2, 0.25) is 0 Å². The fourth-order valence-corrected chi connectivity index (χ4v) is 0.994. The molecule has 0 spiro atoms. The molecule has 0 heterocycles. The van der Waals surface area contributed by atoms with Crippen LogP contribution in [0.25, 0.3) is 0 Å². The summed E-state index contributed by atoms with van der Waals surface area (Å²) in [4.78, 5) is 10.5. The van der Waals surface area contributed by atoms with E-state index >= 15 is 0 Å². The highest BCUT2D eigenvalue weighted by molar-refractivity contribution is 8.08. The zero-order valence-electron chi connectivity index (χ0n) is 7.00. The Kier molecular flexibility index (Phi) is 5.25. The summed E-state index contributed by atoms with van der Waals surface area (Å²) in [5.41, 5.74) is 0.400. The second-order valence-corrected chi connectivity index (χ2v) is 2.81. The first-order valence-corrected chi connectivity index (χ1v) is 4.12. The fraction of sp³-hybridized carbons (Fsp3) is 0.250. The Hall–Kier alpha value is -1.59. The van der Waals surface area contributed by atoms with Crippen molar-refractivity contribution in [2.45, 2.75) is 6.92 Å². The van der Waals surface area contributed by atoms with Crippen molar-refractivity contribution in [1.29, 1.82) is 5.26 Å². The first kappa shape index (κ1) is 11.4. The molecule has 0 unspecified atom stereocenters. The van der Waals surface area contributed by atoms with Crippen LogP contribution >= 0.6 is 11.8 Å². The number of carboxylic acids is 1. The third-order valence-electron chi connectivity index (χ3n) is 1.14. The molecular formula is C8H8N2O2S. The lowest BCUT2D eigenvalue weighted by atomic mass is 10.4. The van der Waals surface area contributed by atoms with E-state index in [4.69, 9.17) is 16.8 Å². The van der Waals surface area contributed by atoms with Crippen molar-refractivity contribution in [3.63, 3.8) is 0 Å². The molecule has 0 aliphatic rings. The molecule has 0 bridgehead atoms. The average Bonchev–Trinajstić information content (AvgIpc) is 2.09. The summed E-state index contributed by atoms with van der Waals surface area (Å²) in [6, 6.07) is 0. The maximum Gasteiger partial charge on any atom is 0.345 e. The van der Waals surface area contributed by atoms with Gasteiger partial charge in [-0.05, 0) is 18.7 Å². The van der Waals surface area contributed by atoms with Crippen molar-refractivity contribution in [2.75, 3.05) is 6.54 Å². The number of thioether (sulfide) groups is 1. The van der Waals surface area contributed by atoms with Crippen LogP contribution in [0.1, 0.15) is 6.92 Å². The summed E-state index contributed by atoms with van der Waals surface area (Å²) < 4.78 is 0. The Bertz CT molecular complexity index is 309. The van der Waals surface area contributed by atoms with Gasteiger partial charge in [0.1, 0.15) is 10.3 Å². The molecule has 13 heavy (non-hydrogen) atoms. The van der Waals surface area contributed by atoms with Crippen molar-refractivity contribution in [3.8, 4) is 17.7 Å². The second-order valence-electron chi connectivity index (χ2n) is 2.01. The van der Waals surface area contributed by atoms with Crippen LogP contribution in [0.15, 0.2) is 10.6 Å². The van der Waals surface area contributed by atoms with E-state index < -0.39 is 5.97 Å². The van der Waals surface area contributed by atoms with Gasteiger partial charge >= 0.3 is 5.97 Å². The van der Waals surface area contributed by atoms with E-state index in [0.717, 1.165) is 0 Å². The number of carbonyl (C=O) groups is 1. The Morgan fingerprint density at radius 2 is 2.38 bits per heavy atom. The number of thiocyanates is 1. The topological polar surface area (TPSA) is 73.1 Å². The van der Waals surface area contributed by atoms with Crippen LogP contribution in [-0.2, 0) is 4.79 Å². The highest BCUT2D eigenvalue weighted by atomic mass is 32.2. The minimum absolute atomic E-state index is 0.0299. The van der Waals surface area contributed by atoms with E-state index in [9.17, 15) is 4.79 Å². The maximum atomic E-state index is 10.6. The first-order valence-electron chi connectivity index (χ1n) is 3.31. The molecule has 0 saturated carbocycles.